The summed E-state index contributed by atoms with van der Waals surface area (Å²) in [6.07, 6.45) is 10.6. The quantitative estimate of drug-likeness (QED) is 0.595. The number of hydrogen-bond acceptors (Lipinski definition) is 2. The molecule has 0 N–H and O–H groups in total. The van der Waals surface area contributed by atoms with Crippen molar-refractivity contribution in [3.63, 3.8) is 0 Å². The molecule has 3 heteroatoms. The lowest BCUT2D eigenvalue weighted by Gasteiger charge is -2.24. The molecule has 1 saturated heterocycles. The fraction of sp³-hybridized carbons (Fsp3) is 0.938. The minimum atomic E-state index is -0.0922. The summed E-state index contributed by atoms with van der Waals surface area (Å²) in [6, 6.07) is 0.356. The van der Waals surface area contributed by atoms with Gasteiger partial charge in [0.2, 0.25) is 0 Å². The molecule has 1 aliphatic rings. The van der Waals surface area contributed by atoms with Crippen LogP contribution in [0.3, 0.4) is 0 Å². The zero-order valence-electron chi connectivity index (χ0n) is 13.0. The summed E-state index contributed by atoms with van der Waals surface area (Å²) in [5, 5.41) is 0. The molecule has 0 radical (unpaired) electrons. The van der Waals surface area contributed by atoms with Gasteiger partial charge in [-0.1, -0.05) is 39.5 Å². The normalized spacial score (nSPS) is 20.6. The van der Waals surface area contributed by atoms with Gasteiger partial charge in [-0.3, -0.25) is 0 Å². The zero-order valence-corrected chi connectivity index (χ0v) is 13.0. The molecule has 2 unspecified atom stereocenters. The molecule has 0 aliphatic carbocycles. The lowest BCUT2D eigenvalue weighted by molar-refractivity contribution is 0.0545. The second-order valence-electron chi connectivity index (χ2n) is 5.80. The molecule has 0 saturated carbocycles. The molecule has 1 fully saturated rings. The topological polar surface area (TPSA) is 29.5 Å². The number of likely N-dealkylation sites (tertiary alicyclic amines) is 1. The lowest BCUT2D eigenvalue weighted by Crippen LogP contribution is -2.36. The molecule has 0 aromatic rings. The number of ether oxygens (including phenoxy) is 1. The lowest BCUT2D eigenvalue weighted by atomic mass is 10.1. The highest BCUT2D eigenvalue weighted by Crippen LogP contribution is 2.19. The van der Waals surface area contributed by atoms with E-state index in [1.807, 2.05) is 4.90 Å². The average molecular weight is 269 g/mol. The number of carbonyl (C=O) groups excluding carboxylic acids is 1. The molecular formula is C16H31NO2. The highest BCUT2D eigenvalue weighted by Gasteiger charge is 2.27. The average Bonchev–Trinajstić information content (AvgIpc) is 2.83. The molecule has 1 amide bonds. The molecule has 1 rings (SSSR count). The van der Waals surface area contributed by atoms with Crippen LogP contribution in [0.2, 0.25) is 0 Å². The molecule has 0 aromatic carbocycles. The SMILES string of the molecule is CCCCCCCC(CC)OC(=O)N1CCCC1C. The Labute approximate surface area is 118 Å². The largest absolute Gasteiger partial charge is 0.446 e. The van der Waals surface area contributed by atoms with Crippen LogP contribution in [0.25, 0.3) is 0 Å². The highest BCUT2D eigenvalue weighted by atomic mass is 16.6. The Morgan fingerprint density at radius 2 is 2.00 bits per heavy atom. The van der Waals surface area contributed by atoms with Crippen molar-refractivity contribution in [1.29, 1.82) is 0 Å². The Bertz CT molecular complexity index is 255. The van der Waals surface area contributed by atoms with E-state index in [-0.39, 0.29) is 12.2 Å². The highest BCUT2D eigenvalue weighted by molar-refractivity contribution is 5.68. The van der Waals surface area contributed by atoms with E-state index < -0.39 is 0 Å². The maximum Gasteiger partial charge on any atom is 0.410 e. The van der Waals surface area contributed by atoms with E-state index in [0.717, 1.165) is 32.2 Å². The van der Waals surface area contributed by atoms with Crippen LogP contribution in [-0.4, -0.2) is 29.7 Å². The van der Waals surface area contributed by atoms with E-state index in [1.165, 1.54) is 32.1 Å². The van der Waals surface area contributed by atoms with Gasteiger partial charge in [0.05, 0.1) is 0 Å². The summed E-state index contributed by atoms with van der Waals surface area (Å²) < 4.78 is 5.65. The number of unbranched alkanes of at least 4 members (excludes halogenated alkanes) is 4. The summed E-state index contributed by atoms with van der Waals surface area (Å²) in [7, 11) is 0. The van der Waals surface area contributed by atoms with Gasteiger partial charge in [0.25, 0.3) is 0 Å². The van der Waals surface area contributed by atoms with E-state index in [9.17, 15) is 4.79 Å². The van der Waals surface area contributed by atoms with Crippen molar-refractivity contribution in [2.45, 2.75) is 90.7 Å². The number of amides is 1. The first kappa shape index (κ1) is 16.3. The minimum absolute atomic E-state index is 0.0922. The predicted octanol–water partition coefficient (Wildman–Crippen LogP) is 4.75. The fourth-order valence-electron chi connectivity index (χ4n) is 2.74. The van der Waals surface area contributed by atoms with Gasteiger partial charge in [-0.2, -0.15) is 0 Å². The Hall–Kier alpha value is -0.730. The van der Waals surface area contributed by atoms with Crippen LogP contribution in [0.1, 0.15) is 78.6 Å². The second kappa shape index (κ2) is 9.22. The predicted molar refractivity (Wildman–Crippen MR) is 79.3 cm³/mol. The van der Waals surface area contributed by atoms with Gasteiger partial charge >= 0.3 is 6.09 Å². The van der Waals surface area contributed by atoms with E-state index in [2.05, 4.69) is 20.8 Å². The van der Waals surface area contributed by atoms with E-state index in [0.29, 0.717) is 6.04 Å². The van der Waals surface area contributed by atoms with E-state index in [1.54, 1.807) is 0 Å². The maximum atomic E-state index is 12.1. The summed E-state index contributed by atoms with van der Waals surface area (Å²) in [5.74, 6) is 0. The van der Waals surface area contributed by atoms with Gasteiger partial charge in [0.15, 0.2) is 0 Å². The van der Waals surface area contributed by atoms with Crippen LogP contribution in [-0.2, 0) is 4.74 Å². The smallest absolute Gasteiger partial charge is 0.410 e. The number of hydrogen-bond donors (Lipinski definition) is 0. The Morgan fingerprint density at radius 1 is 1.26 bits per heavy atom. The summed E-state index contributed by atoms with van der Waals surface area (Å²) in [4.78, 5) is 14.0. The molecule has 0 bridgehead atoms. The standard InChI is InChI=1S/C16H31NO2/c1-4-6-7-8-9-12-15(5-2)19-16(18)17-13-10-11-14(17)3/h14-15H,4-13H2,1-3H3. The molecule has 112 valence electrons. The van der Waals surface area contributed by atoms with Crippen LogP contribution < -0.4 is 0 Å². The van der Waals surface area contributed by atoms with Crippen molar-refractivity contribution < 1.29 is 9.53 Å². The molecule has 0 aromatic heterocycles. The van der Waals surface area contributed by atoms with Gasteiger partial charge in [-0.15, -0.1) is 0 Å². The summed E-state index contributed by atoms with van der Waals surface area (Å²) in [6.45, 7) is 7.32. The fourth-order valence-corrected chi connectivity index (χ4v) is 2.74. The van der Waals surface area contributed by atoms with Crippen molar-refractivity contribution in [2.24, 2.45) is 0 Å². The Morgan fingerprint density at radius 3 is 2.58 bits per heavy atom. The van der Waals surface area contributed by atoms with Crippen molar-refractivity contribution in [2.75, 3.05) is 6.54 Å². The molecule has 1 heterocycles. The molecule has 3 nitrogen and oxygen atoms in total. The van der Waals surface area contributed by atoms with Crippen LogP contribution >= 0.6 is 0 Å². The molecular weight excluding hydrogens is 238 g/mol. The van der Waals surface area contributed by atoms with Crippen LogP contribution in [0.4, 0.5) is 4.79 Å². The van der Waals surface area contributed by atoms with Crippen molar-refractivity contribution in [3.05, 3.63) is 0 Å². The van der Waals surface area contributed by atoms with E-state index >= 15 is 0 Å². The third-order valence-electron chi connectivity index (χ3n) is 4.14. The van der Waals surface area contributed by atoms with Gasteiger partial charge in [0.1, 0.15) is 6.10 Å². The van der Waals surface area contributed by atoms with Gasteiger partial charge in [0, 0.05) is 12.6 Å². The minimum Gasteiger partial charge on any atom is -0.446 e. The number of rotatable bonds is 8. The second-order valence-corrected chi connectivity index (χ2v) is 5.80. The molecule has 19 heavy (non-hydrogen) atoms. The number of nitrogens with zero attached hydrogens (tertiary/aromatic N) is 1. The number of carbonyl (C=O) groups is 1. The van der Waals surface area contributed by atoms with Crippen molar-refractivity contribution in [3.8, 4) is 0 Å². The van der Waals surface area contributed by atoms with Crippen LogP contribution in [0, 0.1) is 0 Å². The maximum absolute atomic E-state index is 12.1. The van der Waals surface area contributed by atoms with Gasteiger partial charge in [-0.05, 0) is 39.0 Å². The summed E-state index contributed by atoms with van der Waals surface area (Å²) >= 11 is 0. The first-order valence-corrected chi connectivity index (χ1v) is 8.16. The zero-order chi connectivity index (χ0) is 14.1. The first-order chi connectivity index (χ1) is 9.19. The summed E-state index contributed by atoms with van der Waals surface area (Å²) in [5.41, 5.74) is 0. The van der Waals surface area contributed by atoms with Crippen LogP contribution in [0.15, 0.2) is 0 Å². The van der Waals surface area contributed by atoms with Gasteiger partial charge < -0.3 is 9.64 Å². The third kappa shape index (κ3) is 5.84. The third-order valence-corrected chi connectivity index (χ3v) is 4.14. The Kier molecular flexibility index (Phi) is 7.92. The van der Waals surface area contributed by atoms with Crippen molar-refractivity contribution in [1.82, 2.24) is 4.90 Å². The first-order valence-electron chi connectivity index (χ1n) is 8.16. The van der Waals surface area contributed by atoms with Crippen molar-refractivity contribution >= 4 is 6.09 Å². The molecule has 2 atom stereocenters. The molecule has 1 aliphatic heterocycles. The monoisotopic (exact) mass is 269 g/mol. The Balaban J connectivity index is 2.21. The van der Waals surface area contributed by atoms with Crippen LogP contribution in [0.5, 0.6) is 0 Å². The molecule has 0 spiro atoms. The van der Waals surface area contributed by atoms with E-state index in [4.69, 9.17) is 4.74 Å². The van der Waals surface area contributed by atoms with Gasteiger partial charge in [-0.25, -0.2) is 4.79 Å².